The molecule has 0 saturated carbocycles. The summed E-state index contributed by atoms with van der Waals surface area (Å²) in [5.41, 5.74) is 0.854. The minimum absolute atomic E-state index is 0.176. The molecule has 0 unspecified atom stereocenters. The van der Waals surface area contributed by atoms with Crippen molar-refractivity contribution in [2.45, 2.75) is 33.2 Å². The van der Waals surface area contributed by atoms with Crippen LogP contribution in [0.2, 0.25) is 0 Å². The van der Waals surface area contributed by atoms with Crippen molar-refractivity contribution in [3.8, 4) is 11.5 Å². The maximum absolute atomic E-state index is 12.9. The zero-order valence-corrected chi connectivity index (χ0v) is 15.8. The average molecular weight is 384 g/mol. The first-order valence-corrected chi connectivity index (χ1v) is 9.05. The van der Waals surface area contributed by atoms with Crippen molar-refractivity contribution in [1.82, 2.24) is 14.9 Å². The highest BCUT2D eigenvalue weighted by molar-refractivity contribution is 5.94. The van der Waals surface area contributed by atoms with E-state index in [1.54, 1.807) is 32.0 Å². The van der Waals surface area contributed by atoms with Gasteiger partial charge in [0.15, 0.2) is 17.0 Å². The van der Waals surface area contributed by atoms with Gasteiger partial charge in [-0.1, -0.05) is 12.1 Å². The van der Waals surface area contributed by atoms with Gasteiger partial charge in [-0.25, -0.2) is 4.68 Å². The highest BCUT2D eigenvalue weighted by Crippen LogP contribution is 2.33. The Kier molecular flexibility index (Phi) is 4.50. The van der Waals surface area contributed by atoms with Gasteiger partial charge in [0.05, 0.1) is 11.1 Å². The molecular formula is C19H20N4O5. The third-order valence-electron chi connectivity index (χ3n) is 4.69. The number of carbonyl (C=O) groups excluding carboxylic acids is 1. The standard InChI is InChI=1S/C19H20N4O5/c1-4-13(23-19(25)17-16(10(2)21-23)11(3)28-22-17)18(24)20-12-5-6-14-15(9-12)27-8-7-26-14/h5-6,9,13H,4,7-8H2,1-3H3,(H,20,24)/t13-/m0/s1. The normalized spacial score (nSPS) is 14.1. The maximum atomic E-state index is 12.9. The van der Waals surface area contributed by atoms with Gasteiger partial charge < -0.3 is 19.3 Å². The Morgan fingerprint density at radius 1 is 1.25 bits per heavy atom. The lowest BCUT2D eigenvalue weighted by Gasteiger charge is -2.20. The first-order valence-electron chi connectivity index (χ1n) is 9.05. The molecule has 3 heterocycles. The van der Waals surface area contributed by atoms with Gasteiger partial charge in [0.1, 0.15) is 25.0 Å². The first-order chi connectivity index (χ1) is 13.5. The molecule has 3 aromatic rings. The lowest BCUT2D eigenvalue weighted by molar-refractivity contribution is -0.119. The summed E-state index contributed by atoms with van der Waals surface area (Å²) in [5.74, 6) is 1.38. The molecule has 1 aliphatic heterocycles. The van der Waals surface area contributed by atoms with Crippen LogP contribution in [0.3, 0.4) is 0 Å². The molecule has 0 aliphatic carbocycles. The van der Waals surface area contributed by atoms with Crippen molar-refractivity contribution in [2.75, 3.05) is 18.5 Å². The van der Waals surface area contributed by atoms with E-state index in [4.69, 9.17) is 14.0 Å². The number of ether oxygens (including phenoxy) is 2. The quantitative estimate of drug-likeness (QED) is 0.735. The zero-order chi connectivity index (χ0) is 19.8. The largest absolute Gasteiger partial charge is 0.486 e. The summed E-state index contributed by atoms with van der Waals surface area (Å²) in [6, 6.07) is 4.37. The fourth-order valence-corrected chi connectivity index (χ4v) is 3.34. The molecule has 1 aromatic carbocycles. The molecule has 0 spiro atoms. The molecule has 4 rings (SSSR count). The van der Waals surface area contributed by atoms with Crippen molar-refractivity contribution in [1.29, 1.82) is 0 Å². The number of hydrogen-bond donors (Lipinski definition) is 1. The molecule has 0 saturated heterocycles. The topological polar surface area (TPSA) is 108 Å². The summed E-state index contributed by atoms with van der Waals surface area (Å²) < 4.78 is 17.3. The summed E-state index contributed by atoms with van der Waals surface area (Å²) in [4.78, 5) is 25.7. The summed E-state index contributed by atoms with van der Waals surface area (Å²) in [6.45, 7) is 6.25. The van der Waals surface area contributed by atoms with E-state index >= 15 is 0 Å². The van der Waals surface area contributed by atoms with Crippen LogP contribution in [0.5, 0.6) is 11.5 Å². The van der Waals surface area contributed by atoms with E-state index in [2.05, 4.69) is 15.6 Å². The van der Waals surface area contributed by atoms with Gasteiger partial charge in [-0.15, -0.1) is 0 Å². The minimum atomic E-state index is -0.791. The van der Waals surface area contributed by atoms with Gasteiger partial charge in [0.25, 0.3) is 5.56 Å². The number of rotatable bonds is 4. The van der Waals surface area contributed by atoms with E-state index in [1.165, 1.54) is 4.68 Å². The second-order valence-electron chi connectivity index (χ2n) is 6.57. The average Bonchev–Trinajstić information content (AvgIpc) is 3.08. The Hall–Kier alpha value is -3.36. The van der Waals surface area contributed by atoms with Crippen LogP contribution in [-0.2, 0) is 4.79 Å². The summed E-state index contributed by atoms with van der Waals surface area (Å²) in [6.07, 6.45) is 0.380. The summed E-state index contributed by atoms with van der Waals surface area (Å²) in [5, 5.41) is 11.6. The number of aromatic nitrogens is 3. The molecule has 0 bridgehead atoms. The van der Waals surface area contributed by atoms with E-state index in [-0.39, 0.29) is 11.4 Å². The number of carbonyl (C=O) groups is 1. The molecule has 1 amide bonds. The van der Waals surface area contributed by atoms with Crippen LogP contribution in [0.4, 0.5) is 5.69 Å². The smallest absolute Gasteiger partial charge is 0.297 e. The minimum Gasteiger partial charge on any atom is -0.486 e. The maximum Gasteiger partial charge on any atom is 0.297 e. The molecular weight excluding hydrogens is 364 g/mol. The molecule has 2 aromatic heterocycles. The molecule has 146 valence electrons. The van der Waals surface area contributed by atoms with Gasteiger partial charge in [-0.05, 0) is 32.4 Å². The van der Waals surface area contributed by atoms with Crippen LogP contribution >= 0.6 is 0 Å². The fraction of sp³-hybridized carbons (Fsp3) is 0.368. The lowest BCUT2D eigenvalue weighted by atomic mass is 10.2. The van der Waals surface area contributed by atoms with Crippen molar-refractivity contribution >= 4 is 22.5 Å². The molecule has 1 N–H and O–H groups in total. The number of fused-ring (bicyclic) bond motifs is 2. The Morgan fingerprint density at radius 2 is 2.00 bits per heavy atom. The van der Waals surface area contributed by atoms with Crippen molar-refractivity contribution in [3.05, 3.63) is 40.0 Å². The van der Waals surface area contributed by atoms with Crippen LogP contribution in [0, 0.1) is 13.8 Å². The molecule has 1 aliphatic rings. The monoisotopic (exact) mass is 384 g/mol. The highest BCUT2D eigenvalue weighted by Gasteiger charge is 2.25. The molecule has 0 radical (unpaired) electrons. The van der Waals surface area contributed by atoms with E-state index in [9.17, 15) is 9.59 Å². The van der Waals surface area contributed by atoms with Gasteiger partial charge >= 0.3 is 0 Å². The predicted octanol–water partition coefficient (Wildman–Crippen LogP) is 2.36. The van der Waals surface area contributed by atoms with Gasteiger partial charge in [0.2, 0.25) is 5.91 Å². The fourth-order valence-electron chi connectivity index (χ4n) is 3.34. The van der Waals surface area contributed by atoms with Crippen LogP contribution in [0.25, 0.3) is 10.9 Å². The molecule has 1 atom stereocenters. The SMILES string of the molecule is CC[C@@H](C(=O)Nc1ccc2c(c1)OCCO2)n1nc(C)c2c(C)onc2c1=O. The molecule has 28 heavy (non-hydrogen) atoms. The third-order valence-corrected chi connectivity index (χ3v) is 4.69. The van der Waals surface area contributed by atoms with Crippen LogP contribution in [0.1, 0.15) is 30.8 Å². The van der Waals surface area contributed by atoms with Gasteiger partial charge in [0, 0.05) is 11.8 Å². The second-order valence-corrected chi connectivity index (χ2v) is 6.57. The number of benzene rings is 1. The number of aryl methyl sites for hydroxylation is 2. The predicted molar refractivity (Wildman–Crippen MR) is 101 cm³/mol. The number of anilines is 1. The van der Waals surface area contributed by atoms with Crippen LogP contribution in [0.15, 0.2) is 27.5 Å². The highest BCUT2D eigenvalue weighted by atomic mass is 16.6. The summed E-state index contributed by atoms with van der Waals surface area (Å²) >= 11 is 0. The van der Waals surface area contributed by atoms with Crippen LogP contribution in [-0.4, -0.2) is 34.1 Å². The van der Waals surface area contributed by atoms with Gasteiger partial charge in [-0.2, -0.15) is 5.10 Å². The molecule has 9 nitrogen and oxygen atoms in total. The number of nitrogens with zero attached hydrogens (tertiary/aromatic N) is 3. The Labute approximate surface area is 160 Å². The van der Waals surface area contributed by atoms with Crippen molar-refractivity contribution in [2.24, 2.45) is 0 Å². The Morgan fingerprint density at radius 3 is 2.75 bits per heavy atom. The van der Waals surface area contributed by atoms with Crippen LogP contribution < -0.4 is 20.3 Å². The number of hydrogen-bond acceptors (Lipinski definition) is 7. The summed E-state index contributed by atoms with van der Waals surface area (Å²) in [7, 11) is 0. The molecule has 0 fully saturated rings. The number of nitrogens with one attached hydrogen (secondary N) is 1. The second kappa shape index (κ2) is 6.99. The lowest BCUT2D eigenvalue weighted by Crippen LogP contribution is -2.35. The third kappa shape index (κ3) is 2.98. The van der Waals surface area contributed by atoms with E-state index in [0.717, 1.165) is 0 Å². The van der Waals surface area contributed by atoms with E-state index < -0.39 is 11.6 Å². The zero-order valence-electron chi connectivity index (χ0n) is 15.8. The Balaban J connectivity index is 1.66. The van der Waals surface area contributed by atoms with Gasteiger partial charge in [-0.3, -0.25) is 9.59 Å². The Bertz CT molecular complexity index is 1120. The van der Waals surface area contributed by atoms with Crippen molar-refractivity contribution in [3.63, 3.8) is 0 Å². The van der Waals surface area contributed by atoms with E-state index in [1.807, 2.05) is 6.92 Å². The van der Waals surface area contributed by atoms with Crippen molar-refractivity contribution < 1.29 is 18.8 Å². The number of amides is 1. The molecule has 9 heteroatoms. The first kappa shape index (κ1) is 18.0. The van der Waals surface area contributed by atoms with E-state index in [0.29, 0.717) is 53.7 Å².